The van der Waals surface area contributed by atoms with Crippen LogP contribution in [0.25, 0.3) is 16.7 Å². The number of morpholine rings is 1. The first kappa shape index (κ1) is 21.9. The fraction of sp³-hybridized carbons (Fsp3) is 0.259. The number of hydrogen-bond donors (Lipinski definition) is 1. The number of carboxylic acids is 1. The molecule has 1 saturated heterocycles. The Balaban J connectivity index is 1.50. The SMILES string of the molecule is O=C(O)c1cccc(C2(n3c(=O)n(-c4ccc(N5CCOCC5)cc4)c4cc(Cl)ccc43)CC2)c1. The van der Waals surface area contributed by atoms with E-state index in [-0.39, 0.29) is 11.3 Å². The van der Waals surface area contributed by atoms with Crippen molar-refractivity contribution in [2.45, 2.75) is 18.4 Å². The number of ether oxygens (including phenoxy) is 1. The molecule has 3 aromatic carbocycles. The zero-order chi connectivity index (χ0) is 24.2. The Bertz CT molecular complexity index is 1500. The number of carbonyl (C=O) groups is 1. The van der Waals surface area contributed by atoms with Crippen molar-refractivity contribution in [3.63, 3.8) is 0 Å². The number of halogens is 1. The van der Waals surface area contributed by atoms with E-state index in [4.69, 9.17) is 16.3 Å². The summed E-state index contributed by atoms with van der Waals surface area (Å²) in [5.41, 5.74) is 3.65. The Morgan fingerprint density at radius 3 is 2.31 bits per heavy atom. The van der Waals surface area contributed by atoms with E-state index >= 15 is 0 Å². The van der Waals surface area contributed by atoms with E-state index in [0.29, 0.717) is 18.2 Å². The van der Waals surface area contributed by atoms with Gasteiger partial charge in [-0.05, 0) is 73.0 Å². The standard InChI is InChI=1S/C27H24ClN3O4/c28-20-4-9-23-24(17-20)30(22-7-5-21(6-8-22)29-12-14-35-15-13-29)26(34)31(23)27(10-11-27)19-3-1-2-18(16-19)25(32)33/h1-9,16-17H,10-15H2,(H,32,33). The van der Waals surface area contributed by atoms with E-state index in [1.165, 1.54) is 0 Å². The van der Waals surface area contributed by atoms with E-state index < -0.39 is 11.5 Å². The van der Waals surface area contributed by atoms with Gasteiger partial charge in [0, 0.05) is 23.8 Å². The number of benzene rings is 3. The molecular weight excluding hydrogens is 466 g/mol. The summed E-state index contributed by atoms with van der Waals surface area (Å²) in [5, 5.41) is 10.0. The third-order valence-electron chi connectivity index (χ3n) is 7.08. The number of rotatable bonds is 5. The van der Waals surface area contributed by atoms with E-state index in [0.717, 1.165) is 53.9 Å². The normalized spacial score (nSPS) is 17.0. The zero-order valence-corrected chi connectivity index (χ0v) is 19.7. The van der Waals surface area contributed by atoms with Gasteiger partial charge < -0.3 is 14.7 Å². The number of fused-ring (bicyclic) bond motifs is 1. The van der Waals surface area contributed by atoms with Gasteiger partial charge in [-0.25, -0.2) is 9.59 Å². The molecule has 2 fully saturated rings. The molecule has 0 radical (unpaired) electrons. The molecule has 2 aliphatic rings. The number of hydrogen-bond acceptors (Lipinski definition) is 4. The maximum absolute atomic E-state index is 14.0. The van der Waals surface area contributed by atoms with Gasteiger partial charge in [-0.1, -0.05) is 23.7 Å². The van der Waals surface area contributed by atoms with Crippen LogP contribution in [-0.4, -0.2) is 46.5 Å². The smallest absolute Gasteiger partial charge is 0.335 e. The third-order valence-corrected chi connectivity index (χ3v) is 7.32. The molecule has 6 rings (SSSR count). The fourth-order valence-electron chi connectivity index (χ4n) is 5.17. The molecule has 178 valence electrons. The van der Waals surface area contributed by atoms with E-state index in [2.05, 4.69) is 4.90 Å². The van der Waals surface area contributed by atoms with Crippen molar-refractivity contribution in [1.82, 2.24) is 9.13 Å². The van der Waals surface area contributed by atoms with Gasteiger partial charge in [0.2, 0.25) is 0 Å². The van der Waals surface area contributed by atoms with Crippen molar-refractivity contribution in [3.05, 3.63) is 93.4 Å². The topological polar surface area (TPSA) is 76.7 Å². The van der Waals surface area contributed by atoms with E-state index in [9.17, 15) is 14.7 Å². The molecule has 8 heteroatoms. The lowest BCUT2D eigenvalue weighted by atomic mass is 10.0. The van der Waals surface area contributed by atoms with Crippen LogP contribution in [0.1, 0.15) is 28.8 Å². The number of anilines is 1. The molecular formula is C27H24ClN3O4. The van der Waals surface area contributed by atoms with Gasteiger partial charge in [0.25, 0.3) is 0 Å². The highest BCUT2D eigenvalue weighted by molar-refractivity contribution is 6.31. The molecule has 1 N–H and O–H groups in total. The zero-order valence-electron chi connectivity index (χ0n) is 19.0. The summed E-state index contributed by atoms with van der Waals surface area (Å²) in [6, 6.07) is 20.4. The predicted octanol–water partition coefficient (Wildman–Crippen LogP) is 4.52. The second-order valence-electron chi connectivity index (χ2n) is 9.12. The Hall–Kier alpha value is -3.55. The largest absolute Gasteiger partial charge is 0.478 e. The summed E-state index contributed by atoms with van der Waals surface area (Å²) in [6.45, 7) is 3.09. The monoisotopic (exact) mass is 489 g/mol. The maximum Gasteiger partial charge on any atom is 0.335 e. The van der Waals surface area contributed by atoms with Crippen molar-refractivity contribution in [3.8, 4) is 5.69 Å². The number of imidazole rings is 1. The average molecular weight is 490 g/mol. The Morgan fingerprint density at radius 1 is 0.914 bits per heavy atom. The van der Waals surface area contributed by atoms with Gasteiger partial charge in [-0.3, -0.25) is 9.13 Å². The van der Waals surface area contributed by atoms with E-state index in [1.54, 1.807) is 28.8 Å². The number of nitrogens with zero attached hydrogens (tertiary/aromatic N) is 3. The summed E-state index contributed by atoms with van der Waals surface area (Å²) < 4.78 is 8.97. The lowest BCUT2D eigenvalue weighted by molar-refractivity contribution is 0.0696. The van der Waals surface area contributed by atoms with Gasteiger partial charge in [0.15, 0.2) is 0 Å². The minimum Gasteiger partial charge on any atom is -0.478 e. The predicted molar refractivity (Wildman–Crippen MR) is 135 cm³/mol. The van der Waals surface area contributed by atoms with Crippen LogP contribution in [0, 0.1) is 0 Å². The molecule has 0 amide bonds. The summed E-state index contributed by atoms with van der Waals surface area (Å²) >= 11 is 6.36. The Kier molecular flexibility index (Phi) is 5.20. The average Bonchev–Trinajstić information content (AvgIpc) is 3.63. The first-order valence-electron chi connectivity index (χ1n) is 11.7. The lowest BCUT2D eigenvalue weighted by Crippen LogP contribution is -2.36. The number of aromatic nitrogens is 2. The number of aromatic carboxylic acids is 1. The first-order valence-corrected chi connectivity index (χ1v) is 12.1. The molecule has 0 bridgehead atoms. The Labute approximate surface area is 206 Å². The first-order chi connectivity index (χ1) is 17.0. The van der Waals surface area contributed by atoms with Crippen LogP contribution in [0.3, 0.4) is 0 Å². The quantitative estimate of drug-likeness (QED) is 0.446. The van der Waals surface area contributed by atoms with Crippen LogP contribution in [0.2, 0.25) is 5.02 Å². The van der Waals surface area contributed by atoms with Gasteiger partial charge in [-0.15, -0.1) is 0 Å². The second-order valence-corrected chi connectivity index (χ2v) is 9.56. The maximum atomic E-state index is 14.0. The molecule has 35 heavy (non-hydrogen) atoms. The number of carboxylic acid groups (broad SMARTS) is 1. The van der Waals surface area contributed by atoms with Crippen LogP contribution in [0.4, 0.5) is 5.69 Å². The molecule has 1 aromatic heterocycles. The van der Waals surface area contributed by atoms with Gasteiger partial charge in [-0.2, -0.15) is 0 Å². The molecule has 0 atom stereocenters. The molecule has 0 spiro atoms. The molecule has 0 unspecified atom stereocenters. The molecule has 1 aliphatic heterocycles. The highest BCUT2D eigenvalue weighted by Crippen LogP contribution is 2.50. The van der Waals surface area contributed by atoms with Crippen LogP contribution in [0.5, 0.6) is 0 Å². The van der Waals surface area contributed by atoms with Crippen LogP contribution in [0.15, 0.2) is 71.5 Å². The molecule has 1 saturated carbocycles. The highest BCUT2D eigenvalue weighted by atomic mass is 35.5. The fourth-order valence-corrected chi connectivity index (χ4v) is 5.34. The molecule has 7 nitrogen and oxygen atoms in total. The van der Waals surface area contributed by atoms with Gasteiger partial charge in [0.05, 0.1) is 41.0 Å². The summed E-state index contributed by atoms with van der Waals surface area (Å²) in [7, 11) is 0. The van der Waals surface area contributed by atoms with Crippen molar-refractivity contribution < 1.29 is 14.6 Å². The molecule has 4 aromatic rings. The minimum absolute atomic E-state index is 0.167. The van der Waals surface area contributed by atoms with Crippen LogP contribution in [-0.2, 0) is 10.3 Å². The highest BCUT2D eigenvalue weighted by Gasteiger charge is 2.49. The van der Waals surface area contributed by atoms with Crippen molar-refractivity contribution in [2.24, 2.45) is 0 Å². The lowest BCUT2D eigenvalue weighted by Gasteiger charge is -2.28. The Morgan fingerprint density at radius 2 is 1.63 bits per heavy atom. The van der Waals surface area contributed by atoms with Crippen molar-refractivity contribution in [2.75, 3.05) is 31.2 Å². The summed E-state index contributed by atoms with van der Waals surface area (Å²) in [6.07, 6.45) is 1.52. The van der Waals surface area contributed by atoms with Gasteiger partial charge >= 0.3 is 11.7 Å². The third kappa shape index (κ3) is 3.63. The van der Waals surface area contributed by atoms with E-state index in [1.807, 2.05) is 47.0 Å². The van der Waals surface area contributed by atoms with Crippen LogP contribution >= 0.6 is 11.6 Å². The summed E-state index contributed by atoms with van der Waals surface area (Å²) in [5.74, 6) is -0.982. The van der Waals surface area contributed by atoms with Crippen molar-refractivity contribution in [1.29, 1.82) is 0 Å². The minimum atomic E-state index is -0.982. The van der Waals surface area contributed by atoms with Crippen LogP contribution < -0.4 is 10.6 Å². The van der Waals surface area contributed by atoms with Crippen molar-refractivity contribution >= 4 is 34.3 Å². The molecule has 2 heterocycles. The summed E-state index contributed by atoms with van der Waals surface area (Å²) in [4.78, 5) is 27.9. The molecule has 1 aliphatic carbocycles. The second kappa shape index (κ2) is 8.29. The van der Waals surface area contributed by atoms with Gasteiger partial charge in [0.1, 0.15) is 0 Å².